The molecule has 0 radical (unpaired) electrons. The van der Waals surface area contributed by atoms with Gasteiger partial charge in [0.05, 0.1) is 21.1 Å². The predicted molar refractivity (Wildman–Crippen MR) is 102 cm³/mol. The van der Waals surface area contributed by atoms with E-state index in [9.17, 15) is 4.79 Å². The number of hydrogen-bond acceptors (Lipinski definition) is 7. The molecule has 7 nitrogen and oxygen atoms in total. The zero-order valence-electron chi connectivity index (χ0n) is 14.3. The van der Waals surface area contributed by atoms with Crippen LogP contribution in [0.25, 0.3) is 21.6 Å². The lowest BCUT2D eigenvalue weighted by Crippen LogP contribution is -2.16. The molecule has 0 aliphatic rings. The second-order valence-corrected chi connectivity index (χ2v) is 7.12. The van der Waals surface area contributed by atoms with Crippen LogP contribution in [-0.4, -0.2) is 31.2 Å². The summed E-state index contributed by atoms with van der Waals surface area (Å²) in [6, 6.07) is 11.5. The molecule has 1 aromatic carbocycles. The third kappa shape index (κ3) is 3.67. The number of carbonyl (C=O) groups is 1. The Bertz CT molecular complexity index is 1110. The topological polar surface area (TPSA) is 82.8 Å². The van der Waals surface area contributed by atoms with Gasteiger partial charge in [-0.3, -0.25) is 0 Å². The molecule has 0 spiro atoms. The van der Waals surface area contributed by atoms with Crippen LogP contribution in [0.5, 0.6) is 0 Å². The van der Waals surface area contributed by atoms with E-state index in [2.05, 4.69) is 20.4 Å². The SMILES string of the molecule is Cc1c(Cl)c(COC(=O)Cn2nnc(-c3cccs3)n2)nc2ccccc12. The van der Waals surface area contributed by atoms with E-state index in [0.29, 0.717) is 16.5 Å². The van der Waals surface area contributed by atoms with Gasteiger partial charge in [-0.05, 0) is 35.2 Å². The van der Waals surface area contributed by atoms with Crippen LogP contribution in [0.1, 0.15) is 11.3 Å². The zero-order chi connectivity index (χ0) is 18.8. The Balaban J connectivity index is 1.44. The Hall–Kier alpha value is -2.84. The van der Waals surface area contributed by atoms with Crippen LogP contribution in [0.15, 0.2) is 41.8 Å². The molecule has 0 unspecified atom stereocenters. The van der Waals surface area contributed by atoms with Crippen molar-refractivity contribution in [3.8, 4) is 10.7 Å². The van der Waals surface area contributed by atoms with Crippen molar-refractivity contribution in [1.82, 2.24) is 25.2 Å². The molecular formula is C18H14ClN5O2S. The fraction of sp³-hybridized carbons (Fsp3) is 0.167. The minimum Gasteiger partial charge on any atom is -0.458 e. The van der Waals surface area contributed by atoms with Crippen molar-refractivity contribution in [1.29, 1.82) is 0 Å². The molecule has 9 heteroatoms. The number of aromatic nitrogens is 5. The number of thiophene rings is 1. The molecule has 0 aliphatic heterocycles. The summed E-state index contributed by atoms with van der Waals surface area (Å²) in [7, 11) is 0. The van der Waals surface area contributed by atoms with E-state index in [1.54, 1.807) is 0 Å². The van der Waals surface area contributed by atoms with E-state index >= 15 is 0 Å². The molecule has 0 atom stereocenters. The second-order valence-electron chi connectivity index (χ2n) is 5.80. The molecule has 0 N–H and O–H groups in total. The fourth-order valence-electron chi connectivity index (χ4n) is 2.64. The number of carbonyl (C=O) groups excluding carboxylic acids is 1. The lowest BCUT2D eigenvalue weighted by Gasteiger charge is -2.10. The van der Waals surface area contributed by atoms with E-state index in [1.165, 1.54) is 16.1 Å². The Kier molecular flexibility index (Phi) is 4.83. The van der Waals surface area contributed by atoms with Crippen molar-refractivity contribution < 1.29 is 9.53 Å². The highest BCUT2D eigenvalue weighted by molar-refractivity contribution is 7.13. The summed E-state index contributed by atoms with van der Waals surface area (Å²) in [5, 5.41) is 15.4. The summed E-state index contributed by atoms with van der Waals surface area (Å²) >= 11 is 7.89. The first-order valence-corrected chi connectivity index (χ1v) is 9.38. The second kappa shape index (κ2) is 7.42. The monoisotopic (exact) mass is 399 g/mol. The third-order valence-electron chi connectivity index (χ3n) is 3.98. The van der Waals surface area contributed by atoms with Crippen LogP contribution in [0, 0.1) is 6.92 Å². The van der Waals surface area contributed by atoms with Gasteiger partial charge < -0.3 is 4.74 Å². The molecule has 0 saturated heterocycles. The number of para-hydroxylation sites is 1. The van der Waals surface area contributed by atoms with E-state index in [0.717, 1.165) is 21.3 Å². The fourth-order valence-corrected chi connectivity index (χ4v) is 3.48. The maximum absolute atomic E-state index is 12.1. The van der Waals surface area contributed by atoms with Gasteiger partial charge in [0, 0.05) is 5.39 Å². The van der Waals surface area contributed by atoms with Gasteiger partial charge in [-0.1, -0.05) is 35.9 Å². The number of fused-ring (bicyclic) bond motifs is 1. The van der Waals surface area contributed by atoms with Gasteiger partial charge in [-0.2, -0.15) is 4.80 Å². The summed E-state index contributed by atoms with van der Waals surface area (Å²) in [6.07, 6.45) is 0. The van der Waals surface area contributed by atoms with Gasteiger partial charge in [0.1, 0.15) is 6.61 Å². The number of aryl methyl sites for hydroxylation is 1. The first kappa shape index (κ1) is 17.6. The van der Waals surface area contributed by atoms with Crippen molar-refractivity contribution in [2.24, 2.45) is 0 Å². The molecular weight excluding hydrogens is 386 g/mol. The Labute approximate surface area is 163 Å². The lowest BCUT2D eigenvalue weighted by atomic mass is 10.1. The molecule has 136 valence electrons. The zero-order valence-corrected chi connectivity index (χ0v) is 15.9. The molecule has 3 aromatic heterocycles. The minimum absolute atomic E-state index is 0.0180. The Morgan fingerprint density at radius 3 is 2.93 bits per heavy atom. The van der Waals surface area contributed by atoms with Gasteiger partial charge in [0.15, 0.2) is 6.54 Å². The number of tetrazole rings is 1. The predicted octanol–water partition coefficient (Wildman–Crippen LogP) is 3.66. The number of rotatable bonds is 5. The lowest BCUT2D eigenvalue weighted by molar-refractivity contribution is -0.146. The molecule has 0 bridgehead atoms. The standard InChI is InChI=1S/C18H14ClN5O2S/c1-11-12-5-2-3-6-13(12)20-14(17(11)19)10-26-16(25)9-24-22-18(21-23-24)15-7-4-8-27-15/h2-8H,9-10H2,1H3. The molecule has 0 saturated carbocycles. The number of benzene rings is 1. The van der Waals surface area contributed by atoms with Crippen LogP contribution in [0.3, 0.4) is 0 Å². The average molecular weight is 400 g/mol. The summed E-state index contributed by atoms with van der Waals surface area (Å²) in [5.41, 5.74) is 2.24. The summed E-state index contributed by atoms with van der Waals surface area (Å²) in [5.74, 6) is -0.0125. The number of ether oxygens (including phenoxy) is 1. The molecule has 4 rings (SSSR count). The largest absolute Gasteiger partial charge is 0.458 e. The smallest absolute Gasteiger partial charge is 0.330 e. The van der Waals surface area contributed by atoms with Crippen molar-refractivity contribution in [2.45, 2.75) is 20.1 Å². The van der Waals surface area contributed by atoms with E-state index < -0.39 is 5.97 Å². The molecule has 3 heterocycles. The van der Waals surface area contributed by atoms with Crippen LogP contribution < -0.4 is 0 Å². The summed E-state index contributed by atoms with van der Waals surface area (Å²) < 4.78 is 5.30. The van der Waals surface area contributed by atoms with Crippen LogP contribution in [-0.2, 0) is 22.7 Å². The van der Waals surface area contributed by atoms with Crippen molar-refractivity contribution >= 4 is 39.8 Å². The molecule has 4 aromatic rings. The first-order valence-electron chi connectivity index (χ1n) is 8.13. The molecule has 27 heavy (non-hydrogen) atoms. The first-order chi connectivity index (χ1) is 13.1. The van der Waals surface area contributed by atoms with Crippen LogP contribution in [0.4, 0.5) is 0 Å². The average Bonchev–Trinajstić information content (AvgIpc) is 3.35. The molecule has 0 aliphatic carbocycles. The van der Waals surface area contributed by atoms with E-state index in [1.807, 2.05) is 48.7 Å². The minimum atomic E-state index is -0.492. The summed E-state index contributed by atoms with van der Waals surface area (Å²) in [4.78, 5) is 18.7. The quantitative estimate of drug-likeness (QED) is 0.476. The highest BCUT2D eigenvalue weighted by Crippen LogP contribution is 2.27. The van der Waals surface area contributed by atoms with Gasteiger partial charge in [-0.15, -0.1) is 21.5 Å². The third-order valence-corrected chi connectivity index (χ3v) is 5.35. The Morgan fingerprint density at radius 1 is 1.26 bits per heavy atom. The van der Waals surface area contributed by atoms with Gasteiger partial charge in [-0.25, -0.2) is 9.78 Å². The van der Waals surface area contributed by atoms with Gasteiger partial charge in [0.2, 0.25) is 5.82 Å². The van der Waals surface area contributed by atoms with Crippen LogP contribution in [0.2, 0.25) is 5.02 Å². The Morgan fingerprint density at radius 2 is 2.11 bits per heavy atom. The normalized spacial score (nSPS) is 11.0. The highest BCUT2D eigenvalue weighted by atomic mass is 35.5. The number of nitrogens with zero attached hydrogens (tertiary/aromatic N) is 5. The van der Waals surface area contributed by atoms with Crippen LogP contribution >= 0.6 is 22.9 Å². The van der Waals surface area contributed by atoms with Crippen molar-refractivity contribution in [3.63, 3.8) is 0 Å². The number of esters is 1. The maximum Gasteiger partial charge on any atom is 0.330 e. The molecule has 0 amide bonds. The van der Waals surface area contributed by atoms with Crippen molar-refractivity contribution in [3.05, 3.63) is 58.1 Å². The van der Waals surface area contributed by atoms with Gasteiger partial charge >= 0.3 is 5.97 Å². The highest BCUT2D eigenvalue weighted by Gasteiger charge is 2.14. The number of hydrogen-bond donors (Lipinski definition) is 0. The summed E-state index contributed by atoms with van der Waals surface area (Å²) in [6.45, 7) is 1.77. The number of pyridine rings is 1. The molecule has 0 fully saturated rings. The van der Waals surface area contributed by atoms with E-state index in [-0.39, 0.29) is 13.2 Å². The number of halogens is 1. The maximum atomic E-state index is 12.1. The van der Waals surface area contributed by atoms with E-state index in [4.69, 9.17) is 16.3 Å². The van der Waals surface area contributed by atoms with Crippen molar-refractivity contribution in [2.75, 3.05) is 0 Å². The van der Waals surface area contributed by atoms with Gasteiger partial charge in [0.25, 0.3) is 0 Å².